The molecule has 1 atom stereocenters. The number of hydrogen-bond acceptors (Lipinski definition) is 4. The summed E-state index contributed by atoms with van der Waals surface area (Å²) < 4.78 is 33.0. The van der Waals surface area contributed by atoms with Gasteiger partial charge >= 0.3 is 0 Å². The van der Waals surface area contributed by atoms with Gasteiger partial charge in [-0.1, -0.05) is 18.9 Å². The van der Waals surface area contributed by atoms with E-state index >= 15 is 0 Å². The molecule has 1 aromatic carbocycles. The molecular weight excluding hydrogens is 340 g/mol. The molecule has 0 aromatic heterocycles. The van der Waals surface area contributed by atoms with Crippen LogP contribution in [0.15, 0.2) is 23.1 Å². The van der Waals surface area contributed by atoms with E-state index in [-0.39, 0.29) is 10.8 Å². The number of amides is 1. The zero-order chi connectivity index (χ0) is 17.9. The molecule has 1 N–H and O–H groups in total. The summed E-state index contributed by atoms with van der Waals surface area (Å²) in [5, 5.41) is 2.79. The van der Waals surface area contributed by atoms with E-state index in [9.17, 15) is 13.2 Å². The molecule has 0 unspecified atom stereocenters. The Kier molecular flexibility index (Phi) is 5.76. The van der Waals surface area contributed by atoms with Gasteiger partial charge in [-0.25, -0.2) is 8.42 Å². The number of nitrogens with one attached hydrogen (secondary N) is 1. The third-order valence-electron chi connectivity index (χ3n) is 4.86. The van der Waals surface area contributed by atoms with Crippen LogP contribution >= 0.6 is 0 Å². The summed E-state index contributed by atoms with van der Waals surface area (Å²) in [6.45, 7) is 3.51. The van der Waals surface area contributed by atoms with Gasteiger partial charge in [0.2, 0.25) is 10.0 Å². The monoisotopic (exact) mass is 366 g/mol. The molecule has 0 bridgehead atoms. The molecule has 2 aliphatic heterocycles. The zero-order valence-corrected chi connectivity index (χ0v) is 15.5. The van der Waals surface area contributed by atoms with Crippen LogP contribution in [-0.2, 0) is 19.6 Å². The Hall–Kier alpha value is -1.44. The van der Waals surface area contributed by atoms with E-state index in [0.29, 0.717) is 37.4 Å². The maximum Gasteiger partial charge on any atom is 0.253 e. The van der Waals surface area contributed by atoms with Crippen LogP contribution in [-0.4, -0.2) is 44.4 Å². The Morgan fingerprint density at radius 2 is 1.88 bits per heavy atom. The third kappa shape index (κ3) is 4.22. The molecule has 6 nitrogen and oxygen atoms in total. The van der Waals surface area contributed by atoms with Crippen LogP contribution in [0.4, 0.5) is 5.69 Å². The van der Waals surface area contributed by atoms with E-state index in [1.165, 1.54) is 0 Å². The molecule has 7 heteroatoms. The lowest BCUT2D eigenvalue weighted by atomic mass is 10.2. The van der Waals surface area contributed by atoms with Crippen LogP contribution in [0, 0.1) is 6.92 Å². The van der Waals surface area contributed by atoms with Crippen molar-refractivity contribution in [1.29, 1.82) is 0 Å². The molecule has 2 heterocycles. The van der Waals surface area contributed by atoms with Crippen molar-refractivity contribution in [1.82, 2.24) is 4.31 Å². The Morgan fingerprint density at radius 3 is 2.52 bits per heavy atom. The fraction of sp³-hybridized carbons (Fsp3) is 0.611. The molecule has 0 spiro atoms. The quantitative estimate of drug-likeness (QED) is 0.889. The first-order valence-electron chi connectivity index (χ1n) is 9.02. The lowest BCUT2D eigenvalue weighted by molar-refractivity contribution is -0.124. The van der Waals surface area contributed by atoms with Gasteiger partial charge in [0.15, 0.2) is 0 Å². The van der Waals surface area contributed by atoms with Gasteiger partial charge in [-0.15, -0.1) is 0 Å². The Morgan fingerprint density at radius 1 is 1.16 bits per heavy atom. The largest absolute Gasteiger partial charge is 0.368 e. The molecule has 0 saturated carbocycles. The molecular formula is C18H26N2O4S. The van der Waals surface area contributed by atoms with Crippen LogP contribution in [0.25, 0.3) is 0 Å². The van der Waals surface area contributed by atoms with E-state index < -0.39 is 16.1 Å². The second-order valence-electron chi connectivity index (χ2n) is 6.79. The lowest BCUT2D eigenvalue weighted by Crippen LogP contribution is -2.32. The number of carbonyl (C=O) groups is 1. The molecule has 2 aliphatic rings. The maximum absolute atomic E-state index is 13.0. The van der Waals surface area contributed by atoms with E-state index in [2.05, 4.69) is 5.32 Å². The number of sulfonamides is 1. The van der Waals surface area contributed by atoms with Gasteiger partial charge in [-0.3, -0.25) is 4.79 Å². The average molecular weight is 366 g/mol. The molecule has 0 aliphatic carbocycles. The SMILES string of the molecule is Cc1ccc(NC(=O)[C@@H]2CCCO2)cc1S(=O)(=O)N1CCCCCC1. The Bertz CT molecular complexity index is 719. The van der Waals surface area contributed by atoms with E-state index in [4.69, 9.17) is 4.74 Å². The van der Waals surface area contributed by atoms with Crippen molar-refractivity contribution >= 4 is 21.6 Å². The van der Waals surface area contributed by atoms with Crippen LogP contribution < -0.4 is 5.32 Å². The number of ether oxygens (including phenoxy) is 1. The predicted molar refractivity (Wildman–Crippen MR) is 96.0 cm³/mol. The van der Waals surface area contributed by atoms with E-state index in [1.54, 1.807) is 29.4 Å². The first-order valence-corrected chi connectivity index (χ1v) is 10.5. The highest BCUT2D eigenvalue weighted by atomic mass is 32.2. The second-order valence-corrected chi connectivity index (χ2v) is 8.70. The van der Waals surface area contributed by atoms with E-state index in [1.807, 2.05) is 0 Å². The predicted octanol–water partition coefficient (Wildman–Crippen LogP) is 2.68. The van der Waals surface area contributed by atoms with Crippen molar-refractivity contribution < 1.29 is 17.9 Å². The maximum atomic E-state index is 13.0. The highest BCUT2D eigenvalue weighted by molar-refractivity contribution is 7.89. The normalized spacial score (nSPS) is 22.5. The van der Waals surface area contributed by atoms with Gasteiger partial charge < -0.3 is 10.1 Å². The number of hydrogen-bond donors (Lipinski definition) is 1. The smallest absolute Gasteiger partial charge is 0.253 e. The Balaban J connectivity index is 1.81. The minimum Gasteiger partial charge on any atom is -0.368 e. The minimum atomic E-state index is -3.54. The molecule has 0 radical (unpaired) electrons. The van der Waals surface area contributed by atoms with Gasteiger partial charge in [0.05, 0.1) is 4.90 Å². The van der Waals surface area contributed by atoms with Crippen LogP contribution in [0.5, 0.6) is 0 Å². The van der Waals surface area contributed by atoms with Crippen molar-refractivity contribution in [3.8, 4) is 0 Å². The summed E-state index contributed by atoms with van der Waals surface area (Å²) in [6.07, 6.45) is 5.08. The van der Waals surface area contributed by atoms with Gasteiger partial charge in [-0.05, 0) is 50.3 Å². The zero-order valence-electron chi connectivity index (χ0n) is 14.7. The van der Waals surface area contributed by atoms with Crippen molar-refractivity contribution in [2.45, 2.75) is 56.4 Å². The van der Waals surface area contributed by atoms with Gasteiger partial charge in [0.1, 0.15) is 6.10 Å². The van der Waals surface area contributed by atoms with Gasteiger partial charge in [0.25, 0.3) is 5.91 Å². The van der Waals surface area contributed by atoms with Crippen LogP contribution in [0.3, 0.4) is 0 Å². The van der Waals surface area contributed by atoms with Crippen molar-refractivity contribution in [2.24, 2.45) is 0 Å². The summed E-state index contributed by atoms with van der Waals surface area (Å²) >= 11 is 0. The first-order chi connectivity index (χ1) is 12.0. The number of nitrogens with zero attached hydrogens (tertiary/aromatic N) is 1. The minimum absolute atomic E-state index is 0.209. The fourth-order valence-corrected chi connectivity index (χ4v) is 5.15. The van der Waals surface area contributed by atoms with E-state index in [0.717, 1.165) is 32.1 Å². The van der Waals surface area contributed by atoms with Crippen LogP contribution in [0.2, 0.25) is 0 Å². The van der Waals surface area contributed by atoms with Crippen molar-refractivity contribution in [3.63, 3.8) is 0 Å². The Labute approximate surface area is 149 Å². The number of aryl methyl sites for hydroxylation is 1. The molecule has 25 heavy (non-hydrogen) atoms. The standard InChI is InChI=1S/C18H26N2O4S/c1-14-8-9-15(19-18(21)16-7-6-12-24-16)13-17(14)25(22,23)20-10-4-2-3-5-11-20/h8-9,13,16H,2-7,10-12H2,1H3,(H,19,21)/t16-/m0/s1. The summed E-state index contributed by atoms with van der Waals surface area (Å²) in [5.74, 6) is -0.209. The molecule has 2 fully saturated rings. The topological polar surface area (TPSA) is 75.7 Å². The fourth-order valence-electron chi connectivity index (χ4n) is 3.38. The highest BCUT2D eigenvalue weighted by Gasteiger charge is 2.28. The third-order valence-corrected chi connectivity index (χ3v) is 6.90. The number of carbonyl (C=O) groups excluding carboxylic acids is 1. The van der Waals surface area contributed by atoms with Gasteiger partial charge in [-0.2, -0.15) is 4.31 Å². The summed E-state index contributed by atoms with van der Waals surface area (Å²) in [5.41, 5.74) is 1.19. The summed E-state index contributed by atoms with van der Waals surface area (Å²) in [7, 11) is -3.54. The molecule has 1 amide bonds. The first kappa shape index (κ1) is 18.4. The molecule has 138 valence electrons. The molecule has 2 saturated heterocycles. The van der Waals surface area contributed by atoms with Crippen molar-refractivity contribution in [2.75, 3.05) is 25.0 Å². The molecule has 1 aromatic rings. The number of rotatable bonds is 4. The summed E-state index contributed by atoms with van der Waals surface area (Å²) in [4.78, 5) is 12.5. The number of benzene rings is 1. The molecule has 3 rings (SSSR count). The summed E-state index contributed by atoms with van der Waals surface area (Å²) in [6, 6.07) is 5.06. The average Bonchev–Trinajstić information content (AvgIpc) is 2.98. The van der Waals surface area contributed by atoms with Gasteiger partial charge in [0, 0.05) is 25.4 Å². The highest BCUT2D eigenvalue weighted by Crippen LogP contribution is 2.26. The lowest BCUT2D eigenvalue weighted by Gasteiger charge is -2.21. The van der Waals surface area contributed by atoms with Crippen molar-refractivity contribution in [3.05, 3.63) is 23.8 Å². The van der Waals surface area contributed by atoms with Crippen LogP contribution in [0.1, 0.15) is 44.1 Å². The number of anilines is 1. The second kappa shape index (κ2) is 7.85.